The van der Waals surface area contributed by atoms with E-state index in [1.165, 1.54) is 0 Å². The van der Waals surface area contributed by atoms with Gasteiger partial charge in [0.25, 0.3) is 0 Å². The van der Waals surface area contributed by atoms with Crippen molar-refractivity contribution < 1.29 is 0 Å². The zero-order valence-electron chi connectivity index (χ0n) is 10.9. The molecule has 0 atom stereocenters. The summed E-state index contributed by atoms with van der Waals surface area (Å²) in [4.78, 5) is 4.77. The molecule has 2 rings (SSSR count). The van der Waals surface area contributed by atoms with Crippen LogP contribution < -0.4 is 11.1 Å². The molecule has 19 heavy (non-hydrogen) atoms. The second kappa shape index (κ2) is 5.75. The maximum atomic E-state index is 5.63. The van der Waals surface area contributed by atoms with Gasteiger partial charge in [-0.05, 0) is 19.1 Å². The van der Waals surface area contributed by atoms with Crippen LogP contribution in [0.2, 0.25) is 0 Å². The highest BCUT2D eigenvalue weighted by atomic mass is 32.1. The molecule has 0 radical (unpaired) electrons. The third-order valence-corrected chi connectivity index (χ3v) is 2.93. The first-order chi connectivity index (χ1) is 9.06. The zero-order valence-corrected chi connectivity index (χ0v) is 11.7. The molecule has 0 amide bonds. The summed E-state index contributed by atoms with van der Waals surface area (Å²) >= 11 is 4.98. The third-order valence-electron chi connectivity index (χ3n) is 2.70. The molecule has 0 unspecified atom stereocenters. The Bertz CT molecular complexity index is 592. The lowest BCUT2D eigenvalue weighted by Gasteiger charge is -2.08. The van der Waals surface area contributed by atoms with Crippen molar-refractivity contribution in [1.82, 2.24) is 19.7 Å². The van der Waals surface area contributed by atoms with E-state index in [4.69, 9.17) is 18.0 Å². The minimum atomic E-state index is 0.377. The van der Waals surface area contributed by atoms with Gasteiger partial charge in [-0.25, -0.2) is 4.98 Å². The molecule has 0 saturated heterocycles. The molecule has 0 aliphatic rings. The minimum Gasteiger partial charge on any atom is -0.389 e. The molecule has 2 aromatic rings. The standard InChI is InChI=1S/C12H16N6S/c1-8-5-9(12(13)19)6-10(16-8)14-4-3-11-17-15-7-18(11)2/h5-7H,3-4H2,1-2H3,(H2,13,19)(H,14,16). The highest BCUT2D eigenvalue weighted by Crippen LogP contribution is 2.10. The SMILES string of the molecule is Cc1cc(C(N)=S)cc(NCCc2nncn2C)n1. The van der Waals surface area contributed by atoms with Crippen molar-refractivity contribution in [2.24, 2.45) is 12.8 Å². The van der Waals surface area contributed by atoms with Crippen LogP contribution in [0.4, 0.5) is 5.82 Å². The number of hydrogen-bond acceptors (Lipinski definition) is 5. The fourth-order valence-electron chi connectivity index (χ4n) is 1.74. The van der Waals surface area contributed by atoms with Crippen molar-refractivity contribution in [2.75, 3.05) is 11.9 Å². The number of nitrogens with two attached hydrogens (primary N) is 1. The fraction of sp³-hybridized carbons (Fsp3) is 0.333. The quantitative estimate of drug-likeness (QED) is 0.786. The number of nitrogens with zero attached hydrogens (tertiary/aromatic N) is 4. The largest absolute Gasteiger partial charge is 0.389 e. The van der Waals surface area contributed by atoms with Gasteiger partial charge in [-0.15, -0.1) is 10.2 Å². The topological polar surface area (TPSA) is 81.6 Å². The van der Waals surface area contributed by atoms with Crippen LogP contribution in [0.1, 0.15) is 17.1 Å². The first-order valence-electron chi connectivity index (χ1n) is 5.91. The van der Waals surface area contributed by atoms with Crippen LogP contribution >= 0.6 is 12.2 Å². The van der Waals surface area contributed by atoms with Crippen molar-refractivity contribution in [3.63, 3.8) is 0 Å². The Morgan fingerprint density at radius 2 is 2.26 bits per heavy atom. The summed E-state index contributed by atoms with van der Waals surface area (Å²) < 4.78 is 1.89. The molecule has 100 valence electrons. The second-order valence-corrected chi connectivity index (χ2v) is 4.72. The smallest absolute Gasteiger partial charge is 0.134 e. The Kier molecular flexibility index (Phi) is 4.06. The van der Waals surface area contributed by atoms with E-state index in [-0.39, 0.29) is 0 Å². The van der Waals surface area contributed by atoms with Crippen LogP contribution in [0.15, 0.2) is 18.5 Å². The number of aryl methyl sites for hydroxylation is 2. The van der Waals surface area contributed by atoms with Crippen LogP contribution in [-0.4, -0.2) is 31.3 Å². The van der Waals surface area contributed by atoms with Gasteiger partial charge in [-0.2, -0.15) is 0 Å². The predicted molar refractivity (Wildman–Crippen MR) is 78.1 cm³/mol. The van der Waals surface area contributed by atoms with Gasteiger partial charge >= 0.3 is 0 Å². The van der Waals surface area contributed by atoms with Crippen LogP contribution in [0, 0.1) is 6.92 Å². The van der Waals surface area contributed by atoms with E-state index >= 15 is 0 Å². The second-order valence-electron chi connectivity index (χ2n) is 4.28. The van der Waals surface area contributed by atoms with Gasteiger partial charge in [0, 0.05) is 31.3 Å². The maximum Gasteiger partial charge on any atom is 0.134 e. The number of thiocarbonyl (C=S) groups is 1. The van der Waals surface area contributed by atoms with Crippen molar-refractivity contribution >= 4 is 23.0 Å². The van der Waals surface area contributed by atoms with E-state index in [2.05, 4.69) is 20.5 Å². The molecule has 2 heterocycles. The van der Waals surface area contributed by atoms with Crippen molar-refractivity contribution in [1.29, 1.82) is 0 Å². The van der Waals surface area contributed by atoms with E-state index in [0.717, 1.165) is 35.9 Å². The Morgan fingerprint density at radius 1 is 1.47 bits per heavy atom. The Hall–Kier alpha value is -2.02. The van der Waals surface area contributed by atoms with Gasteiger partial charge in [0.05, 0.1) is 0 Å². The molecule has 3 N–H and O–H groups in total. The molecular formula is C12H16N6S. The minimum absolute atomic E-state index is 0.377. The first-order valence-corrected chi connectivity index (χ1v) is 6.32. The number of nitrogens with one attached hydrogen (secondary N) is 1. The first kappa shape index (κ1) is 13.4. The molecule has 0 spiro atoms. The summed E-state index contributed by atoms with van der Waals surface area (Å²) in [6.45, 7) is 2.63. The average molecular weight is 276 g/mol. The molecule has 6 nitrogen and oxygen atoms in total. The van der Waals surface area contributed by atoms with Gasteiger partial charge in [-0.1, -0.05) is 12.2 Å². The van der Waals surface area contributed by atoms with Crippen molar-refractivity contribution in [3.05, 3.63) is 35.5 Å². The Labute approximate surface area is 117 Å². The monoisotopic (exact) mass is 276 g/mol. The predicted octanol–water partition coefficient (Wildman–Crippen LogP) is 0.807. The molecule has 7 heteroatoms. The van der Waals surface area contributed by atoms with E-state index in [9.17, 15) is 0 Å². The summed E-state index contributed by atoms with van der Waals surface area (Å²) in [5.41, 5.74) is 7.34. The van der Waals surface area contributed by atoms with E-state index in [1.807, 2.05) is 30.7 Å². The Balaban J connectivity index is 2.00. The molecule has 0 saturated carbocycles. The van der Waals surface area contributed by atoms with Gasteiger partial charge in [-0.3, -0.25) is 0 Å². The molecule has 0 bridgehead atoms. The Morgan fingerprint density at radius 3 is 2.89 bits per heavy atom. The van der Waals surface area contributed by atoms with E-state index < -0.39 is 0 Å². The normalized spacial score (nSPS) is 10.4. The summed E-state index contributed by atoms with van der Waals surface area (Å²) in [7, 11) is 1.92. The summed E-state index contributed by atoms with van der Waals surface area (Å²) in [5.74, 6) is 1.69. The lowest BCUT2D eigenvalue weighted by molar-refractivity contribution is 0.787. The van der Waals surface area contributed by atoms with Gasteiger partial charge in [0.15, 0.2) is 0 Å². The lowest BCUT2D eigenvalue weighted by Crippen LogP contribution is -2.13. The lowest BCUT2D eigenvalue weighted by atomic mass is 10.2. The highest BCUT2D eigenvalue weighted by molar-refractivity contribution is 7.80. The van der Waals surface area contributed by atoms with Gasteiger partial charge in [0.1, 0.15) is 23.0 Å². The average Bonchev–Trinajstić information content (AvgIpc) is 2.74. The van der Waals surface area contributed by atoms with Crippen LogP contribution in [0.25, 0.3) is 0 Å². The molecule has 2 aromatic heterocycles. The van der Waals surface area contributed by atoms with Crippen LogP contribution in [0.5, 0.6) is 0 Å². The third kappa shape index (κ3) is 3.47. The molecule has 0 fully saturated rings. The highest BCUT2D eigenvalue weighted by Gasteiger charge is 2.04. The molecular weight excluding hydrogens is 260 g/mol. The van der Waals surface area contributed by atoms with Crippen molar-refractivity contribution in [3.8, 4) is 0 Å². The molecule has 0 aliphatic heterocycles. The number of hydrogen-bond donors (Lipinski definition) is 2. The van der Waals surface area contributed by atoms with E-state index in [0.29, 0.717) is 4.99 Å². The van der Waals surface area contributed by atoms with Gasteiger partial charge in [0.2, 0.25) is 0 Å². The van der Waals surface area contributed by atoms with Crippen LogP contribution in [-0.2, 0) is 13.5 Å². The van der Waals surface area contributed by atoms with E-state index in [1.54, 1.807) is 6.33 Å². The summed E-state index contributed by atoms with van der Waals surface area (Å²) in [6.07, 6.45) is 2.46. The fourth-order valence-corrected chi connectivity index (χ4v) is 1.86. The summed E-state index contributed by atoms with van der Waals surface area (Å²) in [5, 5.41) is 11.1. The maximum absolute atomic E-state index is 5.63. The molecule has 0 aliphatic carbocycles. The van der Waals surface area contributed by atoms with Crippen molar-refractivity contribution in [2.45, 2.75) is 13.3 Å². The van der Waals surface area contributed by atoms with Crippen LogP contribution in [0.3, 0.4) is 0 Å². The number of pyridine rings is 1. The number of aromatic nitrogens is 4. The number of anilines is 1. The summed E-state index contributed by atoms with van der Waals surface area (Å²) in [6, 6.07) is 3.72. The zero-order chi connectivity index (χ0) is 13.8. The molecule has 0 aromatic carbocycles. The van der Waals surface area contributed by atoms with Gasteiger partial charge < -0.3 is 15.6 Å². The number of rotatable bonds is 5.